The number of alkyl halides is 1. The highest BCUT2D eigenvalue weighted by atomic mass is 79.9. The van der Waals surface area contributed by atoms with E-state index >= 15 is 0 Å². The minimum absolute atomic E-state index is 0.0152. The fourth-order valence-electron chi connectivity index (χ4n) is 1.85. The zero-order valence-corrected chi connectivity index (χ0v) is 12.7. The first kappa shape index (κ1) is 16.1. The van der Waals surface area contributed by atoms with E-state index in [4.69, 9.17) is 0 Å². The molecule has 0 fully saturated rings. The van der Waals surface area contributed by atoms with Crippen molar-refractivity contribution in [1.82, 2.24) is 4.90 Å². The van der Waals surface area contributed by atoms with Crippen LogP contribution in [0, 0.1) is 11.6 Å². The summed E-state index contributed by atoms with van der Waals surface area (Å²) in [5.74, 6) is -1.59. The highest BCUT2D eigenvalue weighted by Gasteiger charge is 2.20. The van der Waals surface area contributed by atoms with Gasteiger partial charge in [0.1, 0.15) is 11.6 Å². The molecule has 0 aliphatic carbocycles. The summed E-state index contributed by atoms with van der Waals surface area (Å²) in [6.07, 6.45) is 0.572. The van der Waals surface area contributed by atoms with E-state index < -0.39 is 11.6 Å². The van der Waals surface area contributed by atoms with Crippen molar-refractivity contribution in [2.45, 2.75) is 32.7 Å². The van der Waals surface area contributed by atoms with Gasteiger partial charge in [0.05, 0.1) is 6.42 Å². The van der Waals surface area contributed by atoms with Crippen molar-refractivity contribution in [2.75, 3.05) is 11.9 Å². The van der Waals surface area contributed by atoms with Crippen molar-refractivity contribution in [2.24, 2.45) is 0 Å². The van der Waals surface area contributed by atoms with Gasteiger partial charge in [-0.25, -0.2) is 8.78 Å². The maximum atomic E-state index is 13.5. The van der Waals surface area contributed by atoms with Gasteiger partial charge < -0.3 is 4.90 Å². The van der Waals surface area contributed by atoms with Gasteiger partial charge in [-0.3, -0.25) is 4.79 Å². The third-order valence-electron chi connectivity index (χ3n) is 2.87. The van der Waals surface area contributed by atoms with Gasteiger partial charge >= 0.3 is 0 Å². The molecule has 1 rings (SSSR count). The molecule has 0 aliphatic heterocycles. The standard InChI is InChI=1S/C14H18BrF2NO/c1-10(2)18(8-4-7-15)14(19)9-11-12(16)5-3-6-13(11)17/h3,5-6,10H,4,7-9H2,1-2H3. The number of halogens is 3. The van der Waals surface area contributed by atoms with E-state index in [0.29, 0.717) is 6.54 Å². The Bertz CT molecular complexity index is 417. The predicted octanol–water partition coefficient (Wildman–Crippen LogP) is 3.53. The normalized spacial score (nSPS) is 10.8. The summed E-state index contributed by atoms with van der Waals surface area (Å²) in [5, 5.41) is 0.789. The number of hydrogen-bond donors (Lipinski definition) is 0. The number of amides is 1. The number of rotatable bonds is 6. The third kappa shape index (κ3) is 4.56. The number of nitrogens with zero attached hydrogens (tertiary/aromatic N) is 1. The van der Waals surface area contributed by atoms with Crippen molar-refractivity contribution in [3.05, 3.63) is 35.4 Å². The van der Waals surface area contributed by atoms with Crippen LogP contribution in [0.2, 0.25) is 0 Å². The van der Waals surface area contributed by atoms with Gasteiger partial charge in [-0.15, -0.1) is 0 Å². The Kier molecular flexibility index (Phi) is 6.42. The quantitative estimate of drug-likeness (QED) is 0.729. The van der Waals surface area contributed by atoms with E-state index in [1.54, 1.807) is 4.90 Å². The van der Waals surface area contributed by atoms with Gasteiger partial charge in [0, 0.05) is 23.5 Å². The first-order valence-electron chi connectivity index (χ1n) is 6.25. The first-order valence-corrected chi connectivity index (χ1v) is 7.37. The summed E-state index contributed by atoms with van der Waals surface area (Å²) >= 11 is 3.31. The summed E-state index contributed by atoms with van der Waals surface area (Å²) in [7, 11) is 0. The van der Waals surface area contributed by atoms with Crippen molar-refractivity contribution < 1.29 is 13.6 Å². The molecule has 0 saturated heterocycles. The van der Waals surface area contributed by atoms with Crippen LogP contribution in [0.1, 0.15) is 25.8 Å². The van der Waals surface area contributed by atoms with E-state index in [-0.39, 0.29) is 23.9 Å². The Balaban J connectivity index is 2.81. The van der Waals surface area contributed by atoms with Crippen LogP contribution in [0.15, 0.2) is 18.2 Å². The SMILES string of the molecule is CC(C)N(CCCBr)C(=O)Cc1c(F)cccc1F. The molecular formula is C14H18BrF2NO. The predicted molar refractivity (Wildman–Crippen MR) is 75.3 cm³/mol. The summed E-state index contributed by atoms with van der Waals surface area (Å²) < 4.78 is 27.0. The Morgan fingerprint density at radius 2 is 1.89 bits per heavy atom. The van der Waals surface area contributed by atoms with Crippen LogP contribution in [0.4, 0.5) is 8.78 Å². The molecule has 0 unspecified atom stereocenters. The second-order valence-electron chi connectivity index (χ2n) is 4.60. The lowest BCUT2D eigenvalue weighted by Gasteiger charge is -2.26. The maximum absolute atomic E-state index is 13.5. The van der Waals surface area contributed by atoms with Crippen molar-refractivity contribution >= 4 is 21.8 Å². The molecule has 0 bridgehead atoms. The Morgan fingerprint density at radius 1 is 1.32 bits per heavy atom. The second-order valence-corrected chi connectivity index (χ2v) is 5.39. The van der Waals surface area contributed by atoms with Gasteiger partial charge in [-0.1, -0.05) is 22.0 Å². The molecule has 0 N–H and O–H groups in total. The van der Waals surface area contributed by atoms with Crippen LogP contribution >= 0.6 is 15.9 Å². The fourth-order valence-corrected chi connectivity index (χ4v) is 2.11. The molecular weight excluding hydrogens is 316 g/mol. The molecule has 0 atom stereocenters. The minimum Gasteiger partial charge on any atom is -0.340 e. The Morgan fingerprint density at radius 3 is 2.37 bits per heavy atom. The molecule has 1 aromatic carbocycles. The van der Waals surface area contributed by atoms with Crippen molar-refractivity contribution in [1.29, 1.82) is 0 Å². The number of carbonyl (C=O) groups is 1. The molecule has 1 aromatic rings. The maximum Gasteiger partial charge on any atom is 0.227 e. The van der Waals surface area contributed by atoms with E-state index in [2.05, 4.69) is 15.9 Å². The first-order chi connectivity index (χ1) is 8.97. The van der Waals surface area contributed by atoms with E-state index in [1.807, 2.05) is 13.8 Å². The summed E-state index contributed by atoms with van der Waals surface area (Å²) in [6, 6.07) is 3.65. The van der Waals surface area contributed by atoms with Crippen molar-refractivity contribution in [3.63, 3.8) is 0 Å². The summed E-state index contributed by atoms with van der Waals surface area (Å²) in [6.45, 7) is 4.37. The lowest BCUT2D eigenvalue weighted by atomic mass is 10.1. The van der Waals surface area contributed by atoms with Crippen LogP contribution in [0.3, 0.4) is 0 Å². The average molecular weight is 334 g/mol. The van der Waals surface area contributed by atoms with Gasteiger partial charge in [0.2, 0.25) is 5.91 Å². The summed E-state index contributed by atoms with van der Waals surface area (Å²) in [4.78, 5) is 13.8. The molecule has 0 saturated carbocycles. The molecule has 0 radical (unpaired) electrons. The zero-order chi connectivity index (χ0) is 14.4. The Labute approximate surface area is 120 Å². The average Bonchev–Trinajstić information content (AvgIpc) is 2.34. The van der Waals surface area contributed by atoms with Crippen LogP contribution in [0.25, 0.3) is 0 Å². The monoisotopic (exact) mass is 333 g/mol. The van der Waals surface area contributed by atoms with E-state index in [0.717, 1.165) is 11.8 Å². The highest BCUT2D eigenvalue weighted by Crippen LogP contribution is 2.15. The lowest BCUT2D eigenvalue weighted by Crippen LogP contribution is -2.39. The summed E-state index contributed by atoms with van der Waals surface area (Å²) in [5.41, 5.74) is -0.156. The number of carbonyl (C=O) groups excluding carboxylic acids is 1. The molecule has 19 heavy (non-hydrogen) atoms. The fraction of sp³-hybridized carbons (Fsp3) is 0.500. The largest absolute Gasteiger partial charge is 0.340 e. The number of benzene rings is 1. The molecule has 106 valence electrons. The molecule has 5 heteroatoms. The molecule has 0 aliphatic rings. The molecule has 1 amide bonds. The Hall–Kier alpha value is -0.970. The molecule has 0 heterocycles. The van der Waals surface area contributed by atoms with Crippen molar-refractivity contribution in [3.8, 4) is 0 Å². The van der Waals surface area contributed by atoms with Gasteiger partial charge in [0.15, 0.2) is 0 Å². The van der Waals surface area contributed by atoms with Crippen LogP contribution in [0.5, 0.6) is 0 Å². The molecule has 0 spiro atoms. The van der Waals surface area contributed by atoms with Crippen LogP contribution in [-0.2, 0) is 11.2 Å². The van der Waals surface area contributed by atoms with Crippen LogP contribution in [-0.4, -0.2) is 28.7 Å². The van der Waals surface area contributed by atoms with Gasteiger partial charge in [0.25, 0.3) is 0 Å². The smallest absolute Gasteiger partial charge is 0.227 e. The molecule has 0 aromatic heterocycles. The highest BCUT2D eigenvalue weighted by molar-refractivity contribution is 9.09. The van der Waals surface area contributed by atoms with E-state index in [1.165, 1.54) is 18.2 Å². The number of hydrogen-bond acceptors (Lipinski definition) is 1. The minimum atomic E-state index is -0.669. The topological polar surface area (TPSA) is 20.3 Å². The zero-order valence-electron chi connectivity index (χ0n) is 11.1. The molecule has 2 nitrogen and oxygen atoms in total. The van der Waals surface area contributed by atoms with E-state index in [9.17, 15) is 13.6 Å². The third-order valence-corrected chi connectivity index (χ3v) is 3.43. The second kappa shape index (κ2) is 7.58. The van der Waals surface area contributed by atoms with Gasteiger partial charge in [-0.2, -0.15) is 0 Å². The van der Waals surface area contributed by atoms with Gasteiger partial charge in [-0.05, 0) is 32.4 Å². The lowest BCUT2D eigenvalue weighted by molar-refractivity contribution is -0.132. The van der Waals surface area contributed by atoms with Crippen LogP contribution < -0.4 is 0 Å².